The summed E-state index contributed by atoms with van der Waals surface area (Å²) in [5.74, 6) is 0.659. The molecule has 0 atom stereocenters. The van der Waals surface area contributed by atoms with E-state index in [0.29, 0.717) is 5.92 Å². The topological polar surface area (TPSA) is 0 Å². The predicted octanol–water partition coefficient (Wildman–Crippen LogP) is -0.500. The van der Waals surface area contributed by atoms with E-state index in [1.165, 1.54) is 5.35 Å². The maximum atomic E-state index is 2.20. The van der Waals surface area contributed by atoms with Gasteiger partial charge in [-0.1, -0.05) is 0 Å². The Labute approximate surface area is 59.5 Å². The molecule has 0 spiro atoms. The molecule has 0 saturated heterocycles. The summed E-state index contributed by atoms with van der Waals surface area (Å²) in [6, 6.07) is 0. The molecule has 0 fully saturated rings. The molecule has 0 N–H and O–H groups in total. The summed E-state index contributed by atoms with van der Waals surface area (Å²) in [5, 5.41) is 1.41. The summed E-state index contributed by atoms with van der Waals surface area (Å²) in [5.41, 5.74) is 0. The molecule has 0 bridgehead atoms. The van der Waals surface area contributed by atoms with Gasteiger partial charge in [-0.2, -0.15) is 0 Å². The van der Waals surface area contributed by atoms with E-state index in [4.69, 9.17) is 0 Å². The number of hydrogen-bond acceptors (Lipinski definition) is 0. The van der Waals surface area contributed by atoms with Gasteiger partial charge in [-0.3, -0.25) is 0 Å². The SMILES string of the molecule is CC(C)c1bbbbb1. The average Bonchev–Trinajstić information content (AvgIpc) is 1.90. The van der Waals surface area contributed by atoms with Crippen LogP contribution < -0.4 is 0 Å². The van der Waals surface area contributed by atoms with Gasteiger partial charge in [0.2, 0.25) is 0 Å². The summed E-state index contributed by atoms with van der Waals surface area (Å²) in [6.45, 7) is 14.9. The molecule has 1 aromatic heterocycles. The van der Waals surface area contributed by atoms with Crippen LogP contribution in [0.1, 0.15) is 25.1 Å². The van der Waals surface area contributed by atoms with Crippen LogP contribution in [-0.2, 0) is 0 Å². The van der Waals surface area contributed by atoms with E-state index in [9.17, 15) is 0 Å². The number of hydrogen-bond donors (Lipinski definition) is 0. The van der Waals surface area contributed by atoms with E-state index >= 15 is 0 Å². The average molecular weight is 109 g/mol. The van der Waals surface area contributed by atoms with Crippen LogP contribution >= 0.6 is 0 Å². The molecular weight excluding hydrogens is 102 g/mol. The monoisotopic (exact) mass is 110 g/mol. The zero-order valence-electron chi connectivity index (χ0n) is 5.96. The van der Waals surface area contributed by atoms with Gasteiger partial charge in [-0.15, -0.1) is 0 Å². The van der Waals surface area contributed by atoms with E-state index in [1.807, 2.05) is 6.68 Å². The maximum absolute atomic E-state index is 2.20. The van der Waals surface area contributed by atoms with Crippen LogP contribution in [0.5, 0.6) is 0 Å². The predicted molar refractivity (Wildman–Crippen MR) is 47.3 cm³/mol. The minimum absolute atomic E-state index is 0.659. The van der Waals surface area contributed by atoms with E-state index in [0.717, 1.165) is 0 Å². The van der Waals surface area contributed by atoms with Crippen molar-refractivity contribution < 1.29 is 0 Å². The Hall–Kier alpha value is 0.195. The molecular formula is C4H7B5. The van der Waals surface area contributed by atoms with Crippen LogP contribution in [0.2, 0.25) is 0 Å². The summed E-state index contributed by atoms with van der Waals surface area (Å²) in [6.07, 6.45) is 0. The van der Waals surface area contributed by atoms with Crippen LogP contribution in [0.15, 0.2) is 0 Å². The Morgan fingerprint density at radius 2 is 1.56 bits per heavy atom. The van der Waals surface area contributed by atoms with Crippen LogP contribution in [0.4, 0.5) is 0 Å². The third-order valence-electron chi connectivity index (χ3n) is 1.47. The second kappa shape index (κ2) is 3.38. The first-order chi connectivity index (χ1) is 4.30. The van der Waals surface area contributed by atoms with Crippen molar-refractivity contribution in [2.24, 2.45) is 0 Å². The second-order valence-corrected chi connectivity index (χ2v) is 2.57. The first kappa shape index (κ1) is 7.30. The first-order valence-electron chi connectivity index (χ1n) is 3.35. The molecule has 9 heavy (non-hydrogen) atoms. The van der Waals surface area contributed by atoms with Crippen molar-refractivity contribution in [1.29, 1.82) is 0 Å². The van der Waals surface area contributed by atoms with Gasteiger partial charge >= 0.3 is 58.8 Å². The molecule has 0 unspecified atom stereocenters. The fourth-order valence-electron chi connectivity index (χ4n) is 0.838. The molecule has 0 aliphatic carbocycles. The van der Waals surface area contributed by atoms with Crippen molar-refractivity contribution in [1.82, 2.24) is 0 Å². The molecule has 5 heteroatoms. The summed E-state index contributed by atoms with van der Waals surface area (Å²) in [4.78, 5) is 0. The Balaban J connectivity index is 2.85. The fourth-order valence-corrected chi connectivity index (χ4v) is 0.838. The normalized spacial score (nSPS) is 7.89. The van der Waals surface area contributed by atoms with Crippen LogP contribution in [0.3, 0.4) is 0 Å². The van der Waals surface area contributed by atoms with Crippen molar-refractivity contribution in [3.05, 3.63) is 5.35 Å². The molecule has 0 aliphatic rings. The third kappa shape index (κ3) is 2.11. The Morgan fingerprint density at radius 3 is 1.89 bits per heavy atom. The minimum atomic E-state index is 0.659. The number of rotatable bonds is 1. The summed E-state index contributed by atoms with van der Waals surface area (Å²) >= 11 is 0. The van der Waals surface area contributed by atoms with E-state index < -0.39 is 0 Å². The van der Waals surface area contributed by atoms with Crippen LogP contribution in [-0.4, -0.2) is 33.6 Å². The summed E-state index contributed by atoms with van der Waals surface area (Å²) in [7, 11) is 0. The van der Waals surface area contributed by atoms with Crippen molar-refractivity contribution in [3.63, 3.8) is 0 Å². The van der Waals surface area contributed by atoms with Gasteiger partial charge in [-0.05, 0) is 0 Å². The van der Waals surface area contributed by atoms with Gasteiger partial charge in [0.25, 0.3) is 0 Å². The second-order valence-electron chi connectivity index (χ2n) is 2.57. The van der Waals surface area contributed by atoms with Crippen molar-refractivity contribution in [3.8, 4) is 0 Å². The molecule has 38 valence electrons. The molecule has 1 rings (SSSR count). The molecule has 1 heterocycles. The molecule has 0 aromatic carbocycles. The summed E-state index contributed by atoms with van der Waals surface area (Å²) < 4.78 is 0. The molecule has 0 nitrogen and oxygen atoms in total. The molecule has 0 saturated carbocycles. The van der Waals surface area contributed by atoms with Gasteiger partial charge in [-0.25, -0.2) is 0 Å². The Bertz CT molecular complexity index is 172. The third-order valence-corrected chi connectivity index (χ3v) is 1.47. The van der Waals surface area contributed by atoms with E-state index in [-0.39, 0.29) is 0 Å². The standard InChI is InChI=1S/C4H7B5/c1-3(2)4-5-7-9-8-6-4/h3H,1-2H3. The van der Waals surface area contributed by atoms with Gasteiger partial charge in [0.15, 0.2) is 0 Å². The zero-order chi connectivity index (χ0) is 6.69. The van der Waals surface area contributed by atoms with Crippen LogP contribution in [0, 0.1) is 0 Å². The molecule has 0 radical (unpaired) electrons. The fraction of sp³-hybridized carbons (Fsp3) is 0.750. The van der Waals surface area contributed by atoms with Crippen molar-refractivity contribution in [2.45, 2.75) is 19.8 Å². The first-order valence-corrected chi connectivity index (χ1v) is 3.35. The quantitative estimate of drug-likeness (QED) is 0.456. The zero-order valence-corrected chi connectivity index (χ0v) is 5.96. The Morgan fingerprint density at radius 1 is 1.00 bits per heavy atom. The van der Waals surface area contributed by atoms with Crippen LogP contribution in [0.25, 0.3) is 0 Å². The Kier molecular flexibility index (Phi) is 2.75. The van der Waals surface area contributed by atoms with Gasteiger partial charge in [0.1, 0.15) is 0 Å². The van der Waals surface area contributed by atoms with E-state index in [2.05, 4.69) is 40.8 Å². The molecule has 0 amide bonds. The molecule has 0 aliphatic heterocycles. The van der Waals surface area contributed by atoms with E-state index in [1.54, 1.807) is 0 Å². The van der Waals surface area contributed by atoms with Crippen molar-refractivity contribution in [2.75, 3.05) is 0 Å². The van der Waals surface area contributed by atoms with Gasteiger partial charge < -0.3 is 0 Å². The molecule has 1 aromatic rings. The van der Waals surface area contributed by atoms with Gasteiger partial charge in [0.05, 0.1) is 0 Å². The van der Waals surface area contributed by atoms with Gasteiger partial charge in [0, 0.05) is 0 Å². The van der Waals surface area contributed by atoms with Crippen molar-refractivity contribution >= 4 is 33.6 Å².